The largest absolute Gasteiger partial charge is 0.478 e. The van der Waals surface area contributed by atoms with Crippen LogP contribution in [0.1, 0.15) is 23.2 Å². The van der Waals surface area contributed by atoms with Gasteiger partial charge in [0.1, 0.15) is 0 Å². The van der Waals surface area contributed by atoms with Crippen LogP contribution in [0.3, 0.4) is 0 Å². The van der Waals surface area contributed by atoms with Crippen molar-refractivity contribution in [2.75, 3.05) is 18.4 Å². The van der Waals surface area contributed by atoms with Crippen molar-refractivity contribution in [2.24, 2.45) is 5.92 Å². The van der Waals surface area contributed by atoms with E-state index in [0.717, 1.165) is 16.4 Å². The Morgan fingerprint density at radius 2 is 2.19 bits per heavy atom. The lowest BCUT2D eigenvalue weighted by Crippen LogP contribution is -2.37. The van der Waals surface area contributed by atoms with Gasteiger partial charge >= 0.3 is 12.0 Å². The Hall–Kier alpha value is -1.75. The Kier molecular flexibility index (Phi) is 5.07. The number of hydrogen-bond donors (Lipinski definition) is 2. The second kappa shape index (κ2) is 6.80. The van der Waals surface area contributed by atoms with Crippen LogP contribution < -0.4 is 5.32 Å². The number of terminal acetylenes is 1. The molecule has 21 heavy (non-hydrogen) atoms. The SMILES string of the molecule is C#CCN(CC1CC1)C(=O)Nc1ccc(I)cc1C(=O)O. The van der Waals surface area contributed by atoms with Crippen molar-refractivity contribution in [1.29, 1.82) is 0 Å². The van der Waals surface area contributed by atoms with E-state index < -0.39 is 5.97 Å². The minimum atomic E-state index is -1.07. The second-order valence-electron chi connectivity index (χ2n) is 4.95. The first-order valence-electron chi connectivity index (χ1n) is 6.53. The Morgan fingerprint density at radius 1 is 1.48 bits per heavy atom. The standard InChI is InChI=1S/C15H15IN2O3/c1-2-7-18(9-10-3-4-10)15(21)17-13-6-5-11(16)8-12(13)14(19)20/h1,5-6,8,10H,3-4,7,9H2,(H,17,21)(H,19,20). The number of carbonyl (C=O) groups excluding carboxylic acids is 1. The van der Waals surface area contributed by atoms with Crippen LogP contribution in [0, 0.1) is 21.8 Å². The fourth-order valence-electron chi connectivity index (χ4n) is 1.94. The van der Waals surface area contributed by atoms with Gasteiger partial charge in [-0.2, -0.15) is 0 Å². The van der Waals surface area contributed by atoms with Gasteiger partial charge in [0, 0.05) is 10.1 Å². The molecule has 5 nitrogen and oxygen atoms in total. The molecule has 0 aromatic heterocycles. The molecule has 0 radical (unpaired) electrons. The summed E-state index contributed by atoms with van der Waals surface area (Å²) in [6.07, 6.45) is 7.51. The topological polar surface area (TPSA) is 69.6 Å². The van der Waals surface area contributed by atoms with Crippen molar-refractivity contribution in [2.45, 2.75) is 12.8 Å². The minimum absolute atomic E-state index is 0.0716. The minimum Gasteiger partial charge on any atom is -0.478 e. The number of carboxylic acids is 1. The Balaban J connectivity index is 2.13. The summed E-state index contributed by atoms with van der Waals surface area (Å²) in [6, 6.07) is 4.50. The van der Waals surface area contributed by atoms with Crippen LogP contribution in [-0.4, -0.2) is 35.1 Å². The van der Waals surface area contributed by atoms with Gasteiger partial charge in [0.15, 0.2) is 0 Å². The summed E-state index contributed by atoms with van der Waals surface area (Å²) in [5.41, 5.74) is 0.355. The fraction of sp³-hybridized carbons (Fsp3) is 0.333. The van der Waals surface area contributed by atoms with Crippen LogP contribution in [0.25, 0.3) is 0 Å². The van der Waals surface area contributed by atoms with E-state index in [1.165, 1.54) is 6.07 Å². The van der Waals surface area contributed by atoms with Crippen LogP contribution in [0.15, 0.2) is 18.2 Å². The summed E-state index contributed by atoms with van der Waals surface area (Å²) < 4.78 is 0.793. The lowest BCUT2D eigenvalue weighted by Gasteiger charge is -2.21. The molecule has 6 heteroatoms. The number of urea groups is 1. The van der Waals surface area contributed by atoms with Gasteiger partial charge in [-0.25, -0.2) is 9.59 Å². The van der Waals surface area contributed by atoms with E-state index in [1.807, 2.05) is 22.6 Å². The predicted molar refractivity (Wildman–Crippen MR) is 88.3 cm³/mol. The van der Waals surface area contributed by atoms with Gasteiger partial charge in [0.05, 0.1) is 17.8 Å². The van der Waals surface area contributed by atoms with Crippen LogP contribution in [0.5, 0.6) is 0 Å². The predicted octanol–water partition coefficient (Wildman–Crippen LogP) is 2.87. The molecule has 0 saturated heterocycles. The molecule has 0 atom stereocenters. The summed E-state index contributed by atoms with van der Waals surface area (Å²) >= 11 is 2.03. The van der Waals surface area contributed by atoms with Crippen LogP contribution >= 0.6 is 22.6 Å². The summed E-state index contributed by atoms with van der Waals surface area (Å²) in [5.74, 6) is 1.90. The molecule has 110 valence electrons. The number of carbonyl (C=O) groups is 2. The van der Waals surface area contributed by atoms with Gasteiger partial charge in [-0.15, -0.1) is 6.42 Å². The molecule has 1 aliphatic carbocycles. The van der Waals surface area contributed by atoms with E-state index in [2.05, 4.69) is 11.2 Å². The quantitative estimate of drug-likeness (QED) is 0.592. The van der Waals surface area contributed by atoms with E-state index in [0.29, 0.717) is 12.5 Å². The first-order valence-corrected chi connectivity index (χ1v) is 7.61. The second-order valence-corrected chi connectivity index (χ2v) is 6.20. The summed E-state index contributed by atoms with van der Waals surface area (Å²) in [4.78, 5) is 25.0. The molecule has 0 unspecified atom stereocenters. The van der Waals surface area contributed by atoms with Crippen molar-refractivity contribution >= 4 is 40.3 Å². The number of halogens is 1. The first-order chi connectivity index (χ1) is 10.0. The average Bonchev–Trinajstić information content (AvgIpc) is 3.24. The maximum Gasteiger partial charge on any atom is 0.337 e. The van der Waals surface area contributed by atoms with Crippen LogP contribution in [0.4, 0.5) is 10.5 Å². The molecule has 0 spiro atoms. The summed E-state index contributed by atoms with van der Waals surface area (Å²) in [6.45, 7) is 0.831. The van der Waals surface area contributed by atoms with Crippen molar-refractivity contribution in [3.63, 3.8) is 0 Å². The highest BCUT2D eigenvalue weighted by Gasteiger charge is 2.27. The summed E-state index contributed by atoms with van der Waals surface area (Å²) in [7, 11) is 0. The first kappa shape index (κ1) is 15.6. The number of rotatable bonds is 5. The number of aromatic carboxylic acids is 1. The highest BCUT2D eigenvalue weighted by Crippen LogP contribution is 2.30. The third-order valence-electron chi connectivity index (χ3n) is 3.20. The zero-order chi connectivity index (χ0) is 15.4. The van der Waals surface area contributed by atoms with Gasteiger partial charge in [-0.3, -0.25) is 0 Å². The average molecular weight is 398 g/mol. The Morgan fingerprint density at radius 3 is 2.76 bits per heavy atom. The summed E-state index contributed by atoms with van der Waals surface area (Å²) in [5, 5.41) is 11.8. The number of nitrogens with zero attached hydrogens (tertiary/aromatic N) is 1. The van der Waals surface area contributed by atoms with E-state index in [9.17, 15) is 14.7 Å². The maximum atomic E-state index is 12.3. The number of benzene rings is 1. The van der Waals surface area contributed by atoms with Crippen molar-refractivity contribution < 1.29 is 14.7 Å². The lowest BCUT2D eigenvalue weighted by molar-refractivity contribution is 0.0698. The number of amides is 2. The fourth-order valence-corrected chi connectivity index (χ4v) is 2.43. The van der Waals surface area contributed by atoms with E-state index in [4.69, 9.17) is 6.42 Å². The normalized spacial score (nSPS) is 13.3. The smallest absolute Gasteiger partial charge is 0.337 e. The van der Waals surface area contributed by atoms with Gasteiger partial charge < -0.3 is 15.3 Å². The molecule has 1 aromatic rings. The molecule has 1 saturated carbocycles. The molecule has 2 amide bonds. The van der Waals surface area contributed by atoms with Gasteiger partial charge in [0.2, 0.25) is 0 Å². The number of nitrogens with one attached hydrogen (secondary N) is 1. The van der Waals surface area contributed by atoms with Gasteiger partial charge in [-0.05, 0) is 59.5 Å². The molecule has 1 aromatic carbocycles. The number of anilines is 1. The lowest BCUT2D eigenvalue weighted by atomic mass is 10.2. The third kappa shape index (κ3) is 4.36. The van der Waals surface area contributed by atoms with Gasteiger partial charge in [-0.1, -0.05) is 5.92 Å². The highest BCUT2D eigenvalue weighted by atomic mass is 127. The van der Waals surface area contributed by atoms with Crippen LogP contribution in [0.2, 0.25) is 0 Å². The Labute approximate surface area is 136 Å². The number of carboxylic acid groups (broad SMARTS) is 1. The molecule has 0 aliphatic heterocycles. The molecular formula is C15H15IN2O3. The van der Waals surface area contributed by atoms with Crippen molar-refractivity contribution in [3.05, 3.63) is 27.3 Å². The van der Waals surface area contributed by atoms with Crippen molar-refractivity contribution in [1.82, 2.24) is 4.90 Å². The maximum absolute atomic E-state index is 12.3. The molecule has 2 rings (SSSR count). The van der Waals surface area contributed by atoms with Crippen molar-refractivity contribution in [3.8, 4) is 12.3 Å². The molecule has 0 heterocycles. The molecular weight excluding hydrogens is 383 g/mol. The highest BCUT2D eigenvalue weighted by molar-refractivity contribution is 14.1. The molecule has 1 fully saturated rings. The molecule has 2 N–H and O–H groups in total. The van der Waals surface area contributed by atoms with E-state index in [-0.39, 0.29) is 23.8 Å². The monoisotopic (exact) mass is 398 g/mol. The number of hydrogen-bond acceptors (Lipinski definition) is 2. The third-order valence-corrected chi connectivity index (χ3v) is 3.87. The van der Waals surface area contributed by atoms with Gasteiger partial charge in [0.25, 0.3) is 0 Å². The van der Waals surface area contributed by atoms with E-state index in [1.54, 1.807) is 17.0 Å². The van der Waals surface area contributed by atoms with Crippen LogP contribution in [-0.2, 0) is 0 Å². The molecule has 1 aliphatic rings. The Bertz CT molecular complexity index is 605. The zero-order valence-corrected chi connectivity index (χ0v) is 13.5. The zero-order valence-electron chi connectivity index (χ0n) is 11.3. The van der Waals surface area contributed by atoms with E-state index >= 15 is 0 Å². The molecule has 0 bridgehead atoms.